The summed E-state index contributed by atoms with van der Waals surface area (Å²) < 4.78 is 44.2. The number of hydrogen-bond donors (Lipinski definition) is 2. The second-order valence-electron chi connectivity index (χ2n) is 5.88. The number of esters is 1. The highest BCUT2D eigenvalue weighted by Gasteiger charge is 2.38. The summed E-state index contributed by atoms with van der Waals surface area (Å²) in [5, 5.41) is 5.38. The van der Waals surface area contributed by atoms with E-state index in [1.54, 1.807) is 0 Å². The Balaban J connectivity index is 2.20. The lowest BCUT2D eigenvalue weighted by Gasteiger charge is -2.07. The third-order valence-electron chi connectivity index (χ3n) is 3.97. The van der Waals surface area contributed by atoms with E-state index in [2.05, 4.69) is 15.2 Å². The van der Waals surface area contributed by atoms with Crippen LogP contribution in [0.3, 0.4) is 0 Å². The number of nitrogens with two attached hydrogens (primary N) is 1. The predicted molar refractivity (Wildman–Crippen MR) is 99.1 cm³/mol. The molecule has 2 amide bonds. The SMILES string of the molecule is COC(=O)c1c(NC(=O)CCn2nc(C(F)(F)F)c(Cl)c2C)sc(C(N)=O)c1C. The molecule has 0 unspecified atom stereocenters. The molecule has 0 saturated carbocycles. The molecule has 8 nitrogen and oxygen atoms in total. The summed E-state index contributed by atoms with van der Waals surface area (Å²) in [7, 11) is 1.14. The molecule has 0 aromatic carbocycles. The van der Waals surface area contributed by atoms with Crippen molar-refractivity contribution in [2.24, 2.45) is 5.73 Å². The number of aromatic nitrogens is 2. The van der Waals surface area contributed by atoms with Crippen molar-refractivity contribution in [3.63, 3.8) is 0 Å². The maximum atomic E-state index is 12.9. The maximum absolute atomic E-state index is 12.9. The molecule has 0 radical (unpaired) electrons. The highest BCUT2D eigenvalue weighted by molar-refractivity contribution is 7.18. The highest BCUT2D eigenvalue weighted by atomic mass is 35.5. The molecule has 2 aromatic rings. The second kappa shape index (κ2) is 8.41. The molecule has 29 heavy (non-hydrogen) atoms. The molecule has 0 aliphatic carbocycles. The van der Waals surface area contributed by atoms with Gasteiger partial charge in [0.1, 0.15) is 5.00 Å². The molecule has 0 atom stereocenters. The van der Waals surface area contributed by atoms with Crippen LogP contribution in [-0.4, -0.2) is 34.7 Å². The Kier molecular flexibility index (Phi) is 6.58. The number of anilines is 1. The molecule has 0 saturated heterocycles. The Hall–Kier alpha value is -2.60. The van der Waals surface area contributed by atoms with Gasteiger partial charge in [-0.05, 0) is 19.4 Å². The van der Waals surface area contributed by atoms with E-state index in [0.29, 0.717) is 0 Å². The van der Waals surface area contributed by atoms with Crippen molar-refractivity contribution in [3.8, 4) is 0 Å². The van der Waals surface area contributed by atoms with E-state index in [-0.39, 0.29) is 39.7 Å². The lowest BCUT2D eigenvalue weighted by molar-refractivity contribution is -0.141. The molecule has 13 heteroatoms. The van der Waals surface area contributed by atoms with Gasteiger partial charge in [0.2, 0.25) is 5.91 Å². The van der Waals surface area contributed by atoms with Gasteiger partial charge in [-0.3, -0.25) is 14.3 Å². The van der Waals surface area contributed by atoms with Crippen LogP contribution in [0, 0.1) is 13.8 Å². The first-order chi connectivity index (χ1) is 13.4. The van der Waals surface area contributed by atoms with Gasteiger partial charge >= 0.3 is 12.1 Å². The molecule has 3 N–H and O–H groups in total. The van der Waals surface area contributed by atoms with Gasteiger partial charge in [0.05, 0.1) is 34.8 Å². The Bertz CT molecular complexity index is 984. The van der Waals surface area contributed by atoms with E-state index in [4.69, 9.17) is 17.3 Å². The van der Waals surface area contributed by atoms with Crippen molar-refractivity contribution >= 4 is 45.7 Å². The van der Waals surface area contributed by atoms with Gasteiger partial charge in [-0.15, -0.1) is 11.3 Å². The summed E-state index contributed by atoms with van der Waals surface area (Å²) in [6.07, 6.45) is -4.98. The van der Waals surface area contributed by atoms with Gasteiger partial charge in [-0.2, -0.15) is 18.3 Å². The van der Waals surface area contributed by atoms with E-state index in [9.17, 15) is 27.6 Å². The summed E-state index contributed by atoms with van der Waals surface area (Å²) in [5.74, 6) is -2.17. The zero-order valence-electron chi connectivity index (χ0n) is 15.4. The fraction of sp³-hybridized carbons (Fsp3) is 0.375. The number of thiophene rings is 1. The molecule has 158 valence electrons. The fourth-order valence-corrected chi connectivity index (χ4v) is 3.81. The van der Waals surface area contributed by atoms with Crippen LogP contribution < -0.4 is 11.1 Å². The number of carbonyl (C=O) groups is 3. The van der Waals surface area contributed by atoms with Gasteiger partial charge in [0.15, 0.2) is 5.69 Å². The Labute approximate surface area is 171 Å². The van der Waals surface area contributed by atoms with E-state index in [1.165, 1.54) is 13.8 Å². The van der Waals surface area contributed by atoms with Crippen LogP contribution >= 0.6 is 22.9 Å². The smallest absolute Gasteiger partial charge is 0.436 e. The lowest BCUT2D eigenvalue weighted by atomic mass is 10.1. The zero-order valence-corrected chi connectivity index (χ0v) is 17.0. The number of carbonyl (C=O) groups excluding carboxylic acids is 3. The summed E-state index contributed by atoms with van der Waals surface area (Å²) in [5.41, 5.74) is 4.33. The molecule has 2 heterocycles. The van der Waals surface area contributed by atoms with Crippen molar-refractivity contribution in [1.82, 2.24) is 9.78 Å². The number of primary amides is 1. The van der Waals surface area contributed by atoms with E-state index in [0.717, 1.165) is 23.1 Å². The van der Waals surface area contributed by atoms with Crippen molar-refractivity contribution in [2.75, 3.05) is 12.4 Å². The number of nitrogens with one attached hydrogen (secondary N) is 1. The van der Waals surface area contributed by atoms with Crippen molar-refractivity contribution in [1.29, 1.82) is 0 Å². The number of hydrogen-bond acceptors (Lipinski definition) is 6. The van der Waals surface area contributed by atoms with Gasteiger partial charge in [-0.1, -0.05) is 11.6 Å². The van der Waals surface area contributed by atoms with Crippen LogP contribution in [-0.2, 0) is 22.3 Å². The summed E-state index contributed by atoms with van der Waals surface area (Å²) in [6.45, 7) is 2.64. The van der Waals surface area contributed by atoms with Gasteiger partial charge in [0, 0.05) is 6.42 Å². The Morgan fingerprint density at radius 3 is 2.41 bits per heavy atom. The third-order valence-corrected chi connectivity index (χ3v) is 5.64. The van der Waals surface area contributed by atoms with Crippen molar-refractivity contribution in [3.05, 3.63) is 32.4 Å². The number of nitrogens with zero attached hydrogens (tertiary/aromatic N) is 2. The van der Waals surface area contributed by atoms with Crippen molar-refractivity contribution < 1.29 is 32.3 Å². The number of rotatable bonds is 6. The van der Waals surface area contributed by atoms with Crippen LogP contribution in [0.4, 0.5) is 18.2 Å². The second-order valence-corrected chi connectivity index (χ2v) is 7.28. The largest absolute Gasteiger partial charge is 0.465 e. The van der Waals surface area contributed by atoms with E-state index >= 15 is 0 Å². The molecule has 0 aliphatic heterocycles. The Morgan fingerprint density at radius 1 is 1.31 bits per heavy atom. The first-order valence-electron chi connectivity index (χ1n) is 7.99. The van der Waals surface area contributed by atoms with Crippen LogP contribution in [0.2, 0.25) is 5.02 Å². The molecule has 0 spiro atoms. The number of halogens is 4. The lowest BCUT2D eigenvalue weighted by Crippen LogP contribution is -2.17. The van der Waals surface area contributed by atoms with Gasteiger partial charge in [0.25, 0.3) is 5.91 Å². The van der Waals surface area contributed by atoms with Crippen LogP contribution in [0.25, 0.3) is 0 Å². The van der Waals surface area contributed by atoms with E-state index < -0.39 is 34.7 Å². The van der Waals surface area contributed by atoms with Gasteiger partial charge < -0.3 is 15.8 Å². The van der Waals surface area contributed by atoms with E-state index in [1.807, 2.05) is 0 Å². The van der Waals surface area contributed by atoms with Gasteiger partial charge in [-0.25, -0.2) is 4.79 Å². The average Bonchev–Trinajstić information content (AvgIpc) is 3.10. The molecule has 0 fully saturated rings. The Morgan fingerprint density at radius 2 is 1.93 bits per heavy atom. The third kappa shape index (κ3) is 4.70. The normalized spacial score (nSPS) is 11.4. The van der Waals surface area contributed by atoms with Crippen LogP contribution in [0.15, 0.2) is 0 Å². The van der Waals surface area contributed by atoms with Crippen molar-refractivity contribution in [2.45, 2.75) is 33.0 Å². The minimum atomic E-state index is -4.72. The number of amides is 2. The van der Waals surface area contributed by atoms with Crippen LogP contribution in [0.1, 0.15) is 43.4 Å². The molecule has 2 rings (SSSR count). The zero-order chi connectivity index (χ0) is 22.1. The number of aryl methyl sites for hydroxylation is 1. The fourth-order valence-electron chi connectivity index (χ4n) is 2.50. The summed E-state index contributed by atoms with van der Waals surface area (Å²) in [6, 6.07) is 0. The quantitative estimate of drug-likeness (QED) is 0.653. The topological polar surface area (TPSA) is 116 Å². The minimum absolute atomic E-state index is 0.0164. The number of alkyl halides is 3. The molecule has 0 aliphatic rings. The summed E-state index contributed by atoms with van der Waals surface area (Å²) in [4.78, 5) is 35.8. The molecular formula is C16H16ClF3N4O4S. The highest BCUT2D eigenvalue weighted by Crippen LogP contribution is 2.36. The first-order valence-corrected chi connectivity index (χ1v) is 9.19. The minimum Gasteiger partial charge on any atom is -0.465 e. The average molecular weight is 453 g/mol. The monoisotopic (exact) mass is 452 g/mol. The standard InChI is InChI=1S/C16H16ClF3N4O4S/c1-6-9(15(27)28-3)14(29-11(6)13(21)26)22-8(25)4-5-24-7(2)10(17)12(23-24)16(18,19)20/h4-5H2,1-3H3,(H2,21,26)(H,22,25). The number of ether oxygens (including phenoxy) is 1. The van der Waals surface area contributed by atoms with Crippen LogP contribution in [0.5, 0.6) is 0 Å². The predicted octanol–water partition coefficient (Wildman–Crippen LogP) is 3.15. The number of methoxy groups -OCH3 is 1. The maximum Gasteiger partial charge on any atom is 0.436 e. The summed E-state index contributed by atoms with van der Waals surface area (Å²) >= 11 is 6.47. The molecule has 2 aromatic heterocycles. The molecule has 0 bridgehead atoms. The first kappa shape index (κ1) is 22.7. The molecular weight excluding hydrogens is 437 g/mol.